The van der Waals surface area contributed by atoms with Crippen LogP contribution in [-0.4, -0.2) is 5.78 Å². The van der Waals surface area contributed by atoms with Crippen molar-refractivity contribution in [3.8, 4) is 17.4 Å². The lowest BCUT2D eigenvalue weighted by molar-refractivity contribution is 0.104. The van der Waals surface area contributed by atoms with Crippen LogP contribution < -0.4 is 0 Å². The van der Waals surface area contributed by atoms with E-state index in [0.717, 1.165) is 22.3 Å². The second-order valence-electron chi connectivity index (χ2n) is 5.69. The van der Waals surface area contributed by atoms with Crippen molar-refractivity contribution in [3.63, 3.8) is 0 Å². The van der Waals surface area contributed by atoms with Crippen LogP contribution in [-0.2, 0) is 6.42 Å². The van der Waals surface area contributed by atoms with Gasteiger partial charge in [0.1, 0.15) is 11.5 Å². The molecular weight excluding hydrogens is 298 g/mol. The molecule has 0 radical (unpaired) electrons. The van der Waals surface area contributed by atoms with Gasteiger partial charge >= 0.3 is 0 Å². The van der Waals surface area contributed by atoms with Gasteiger partial charge in [0.15, 0.2) is 5.78 Å². The minimum absolute atomic E-state index is 0.0565. The summed E-state index contributed by atoms with van der Waals surface area (Å²) in [5, 5.41) is 9.20. The summed E-state index contributed by atoms with van der Waals surface area (Å²) in [5.74, 6) is 1.30. The Bertz CT molecular complexity index is 1020. The summed E-state index contributed by atoms with van der Waals surface area (Å²) in [7, 11) is 0. The molecule has 1 aromatic heterocycles. The van der Waals surface area contributed by atoms with Gasteiger partial charge in [-0.1, -0.05) is 36.4 Å². The van der Waals surface area contributed by atoms with Crippen molar-refractivity contribution < 1.29 is 9.21 Å². The zero-order valence-electron chi connectivity index (χ0n) is 12.8. The third-order valence-corrected chi connectivity index (χ3v) is 4.19. The second-order valence-corrected chi connectivity index (χ2v) is 5.69. The van der Waals surface area contributed by atoms with Gasteiger partial charge in [0.25, 0.3) is 0 Å². The maximum absolute atomic E-state index is 12.4. The van der Waals surface area contributed by atoms with Gasteiger partial charge in [0, 0.05) is 23.1 Å². The molecule has 3 aromatic rings. The number of allylic oxidation sites excluding steroid dienone is 1. The first-order valence-corrected chi connectivity index (χ1v) is 7.69. The number of furan rings is 1. The van der Waals surface area contributed by atoms with Gasteiger partial charge in [-0.25, -0.2) is 0 Å². The highest BCUT2D eigenvalue weighted by molar-refractivity contribution is 6.15. The lowest BCUT2D eigenvalue weighted by Crippen LogP contribution is -1.94. The van der Waals surface area contributed by atoms with Crippen LogP contribution in [0.25, 0.3) is 17.4 Å². The highest BCUT2D eigenvalue weighted by Crippen LogP contribution is 2.30. The van der Waals surface area contributed by atoms with Crippen LogP contribution in [0.5, 0.6) is 0 Å². The number of carbonyl (C=O) groups is 1. The molecule has 3 heteroatoms. The lowest BCUT2D eigenvalue weighted by Gasteiger charge is -1.99. The molecule has 2 aromatic carbocycles. The summed E-state index contributed by atoms with van der Waals surface area (Å²) in [6.07, 6.45) is 2.42. The molecule has 0 aliphatic heterocycles. The second kappa shape index (κ2) is 5.68. The molecule has 0 fully saturated rings. The molecule has 0 bridgehead atoms. The minimum atomic E-state index is 0.0565. The van der Waals surface area contributed by atoms with Gasteiger partial charge in [-0.15, -0.1) is 0 Å². The van der Waals surface area contributed by atoms with Gasteiger partial charge in [0.05, 0.1) is 11.6 Å². The largest absolute Gasteiger partial charge is 0.457 e. The molecule has 24 heavy (non-hydrogen) atoms. The maximum Gasteiger partial charge on any atom is 0.189 e. The van der Waals surface area contributed by atoms with Crippen molar-refractivity contribution in [2.24, 2.45) is 0 Å². The summed E-state index contributed by atoms with van der Waals surface area (Å²) in [5.41, 5.74) is 3.87. The maximum atomic E-state index is 12.4. The Balaban J connectivity index is 1.68. The first kappa shape index (κ1) is 14.2. The Labute approximate surface area is 139 Å². The summed E-state index contributed by atoms with van der Waals surface area (Å²) >= 11 is 0. The van der Waals surface area contributed by atoms with Crippen LogP contribution >= 0.6 is 0 Å². The topological polar surface area (TPSA) is 54.0 Å². The molecule has 0 atom stereocenters. The molecular formula is C21H13NO2. The first-order chi connectivity index (χ1) is 11.8. The molecule has 114 valence electrons. The number of rotatable bonds is 2. The highest BCUT2D eigenvalue weighted by Gasteiger charge is 2.24. The van der Waals surface area contributed by atoms with Crippen molar-refractivity contribution >= 4 is 11.9 Å². The lowest BCUT2D eigenvalue weighted by atomic mass is 10.1. The van der Waals surface area contributed by atoms with Gasteiger partial charge in [-0.2, -0.15) is 5.26 Å². The SMILES string of the molecule is N#Cc1ccccc1-c1ccc(/C=C2\Cc3ccccc3C2=O)o1. The van der Waals surface area contributed by atoms with E-state index in [4.69, 9.17) is 4.42 Å². The smallest absolute Gasteiger partial charge is 0.189 e. The number of fused-ring (bicyclic) bond motifs is 1. The van der Waals surface area contributed by atoms with Crippen LogP contribution in [0.15, 0.2) is 70.7 Å². The van der Waals surface area contributed by atoms with Crippen LogP contribution in [0.2, 0.25) is 0 Å². The number of benzene rings is 2. The monoisotopic (exact) mass is 311 g/mol. The van der Waals surface area contributed by atoms with Gasteiger partial charge in [0.2, 0.25) is 0 Å². The van der Waals surface area contributed by atoms with Gasteiger partial charge in [-0.05, 0) is 35.9 Å². The van der Waals surface area contributed by atoms with Gasteiger partial charge in [-0.3, -0.25) is 4.79 Å². The van der Waals surface area contributed by atoms with E-state index in [1.165, 1.54) is 0 Å². The fraction of sp³-hybridized carbons (Fsp3) is 0.0476. The van der Waals surface area contributed by atoms with E-state index in [-0.39, 0.29) is 5.78 Å². The number of hydrogen-bond donors (Lipinski definition) is 0. The number of nitriles is 1. The van der Waals surface area contributed by atoms with E-state index < -0.39 is 0 Å². The van der Waals surface area contributed by atoms with Crippen molar-refractivity contribution in [3.05, 3.63) is 88.7 Å². The molecule has 1 aliphatic carbocycles. The van der Waals surface area contributed by atoms with Crippen LogP contribution in [0.3, 0.4) is 0 Å². The summed E-state index contributed by atoms with van der Waals surface area (Å²) in [6.45, 7) is 0. The number of hydrogen-bond acceptors (Lipinski definition) is 3. The number of Topliss-reactive ketones (excluding diaryl/α,β-unsaturated/α-hetero) is 1. The van der Waals surface area contributed by atoms with E-state index in [9.17, 15) is 10.1 Å². The Kier molecular flexibility index (Phi) is 3.36. The quantitative estimate of drug-likeness (QED) is 0.648. The van der Waals surface area contributed by atoms with Crippen LogP contribution in [0, 0.1) is 11.3 Å². The number of nitrogens with zero attached hydrogens (tertiary/aromatic N) is 1. The Hall–Kier alpha value is -3.38. The summed E-state index contributed by atoms with van der Waals surface area (Å²) < 4.78 is 5.84. The standard InChI is InChI=1S/C21H13NO2/c22-13-15-6-2-3-7-18(15)20-10-9-17(24-20)12-16-11-14-5-1-4-8-19(14)21(16)23/h1-10,12H,11H2/b16-12+. The van der Waals surface area contributed by atoms with Crippen molar-refractivity contribution in [2.75, 3.05) is 0 Å². The molecule has 0 spiro atoms. The average Bonchev–Trinajstić information content (AvgIpc) is 3.21. The van der Waals surface area contributed by atoms with Crippen molar-refractivity contribution in [1.82, 2.24) is 0 Å². The Morgan fingerprint density at radius 1 is 0.958 bits per heavy atom. The van der Waals surface area contributed by atoms with Crippen molar-refractivity contribution in [2.45, 2.75) is 6.42 Å². The molecule has 0 N–H and O–H groups in total. The van der Waals surface area contributed by atoms with E-state index in [0.29, 0.717) is 23.5 Å². The third-order valence-electron chi connectivity index (χ3n) is 4.19. The highest BCUT2D eigenvalue weighted by atomic mass is 16.3. The normalized spacial score (nSPS) is 14.6. The molecule has 0 saturated carbocycles. The molecule has 1 aliphatic rings. The molecule has 1 heterocycles. The van der Waals surface area contributed by atoms with E-state index >= 15 is 0 Å². The zero-order valence-corrected chi connectivity index (χ0v) is 12.8. The summed E-state index contributed by atoms with van der Waals surface area (Å²) in [4.78, 5) is 12.4. The van der Waals surface area contributed by atoms with E-state index in [1.54, 1.807) is 12.1 Å². The predicted octanol–water partition coefficient (Wildman–Crippen LogP) is 4.64. The van der Waals surface area contributed by atoms with E-state index in [2.05, 4.69) is 6.07 Å². The van der Waals surface area contributed by atoms with Gasteiger partial charge < -0.3 is 4.42 Å². The molecule has 4 rings (SSSR count). The number of carbonyl (C=O) groups excluding carboxylic acids is 1. The number of ketones is 1. The third kappa shape index (κ3) is 2.35. The Morgan fingerprint density at radius 2 is 1.71 bits per heavy atom. The van der Waals surface area contributed by atoms with Crippen LogP contribution in [0.1, 0.15) is 27.2 Å². The van der Waals surface area contributed by atoms with Crippen LogP contribution in [0.4, 0.5) is 0 Å². The molecule has 3 nitrogen and oxygen atoms in total. The van der Waals surface area contributed by atoms with Crippen molar-refractivity contribution in [1.29, 1.82) is 5.26 Å². The Morgan fingerprint density at radius 3 is 2.50 bits per heavy atom. The predicted molar refractivity (Wildman–Crippen MR) is 91.3 cm³/mol. The fourth-order valence-electron chi connectivity index (χ4n) is 3.01. The summed E-state index contributed by atoms with van der Waals surface area (Å²) in [6, 6.07) is 20.8. The molecule has 0 amide bonds. The molecule has 0 unspecified atom stereocenters. The van der Waals surface area contributed by atoms with E-state index in [1.807, 2.05) is 54.6 Å². The fourth-order valence-corrected chi connectivity index (χ4v) is 3.01. The first-order valence-electron chi connectivity index (χ1n) is 7.69. The zero-order chi connectivity index (χ0) is 16.5. The molecule has 0 saturated heterocycles. The average molecular weight is 311 g/mol. The minimum Gasteiger partial charge on any atom is -0.457 e.